The molecule has 5 nitrogen and oxygen atoms in total. The Labute approximate surface area is 151 Å². The number of hydrogen-bond donors (Lipinski definition) is 2. The SMILES string of the molecule is C=CCOC1CCN(C(C)c2ccc(NC(=O)NC(C)C)cc2)CC1. The number of ether oxygens (including phenoxy) is 1. The Balaban J connectivity index is 1.85. The summed E-state index contributed by atoms with van der Waals surface area (Å²) in [7, 11) is 0. The highest BCUT2D eigenvalue weighted by atomic mass is 16.5. The minimum Gasteiger partial charge on any atom is -0.374 e. The van der Waals surface area contributed by atoms with E-state index in [-0.39, 0.29) is 12.1 Å². The zero-order chi connectivity index (χ0) is 18.2. The molecule has 2 N–H and O–H groups in total. The summed E-state index contributed by atoms with van der Waals surface area (Å²) in [5.41, 5.74) is 2.07. The molecule has 1 saturated heterocycles. The van der Waals surface area contributed by atoms with E-state index in [2.05, 4.69) is 41.2 Å². The van der Waals surface area contributed by atoms with Gasteiger partial charge in [0, 0.05) is 30.9 Å². The standard InChI is InChI=1S/C20H31N3O2/c1-5-14-25-19-10-12-23(13-11-19)16(4)17-6-8-18(9-7-17)22-20(24)21-15(2)3/h5-9,15-16,19H,1,10-14H2,2-4H3,(H2,21,22,24). The highest BCUT2D eigenvalue weighted by molar-refractivity contribution is 5.89. The van der Waals surface area contributed by atoms with Gasteiger partial charge in [-0.3, -0.25) is 4.90 Å². The van der Waals surface area contributed by atoms with E-state index < -0.39 is 0 Å². The van der Waals surface area contributed by atoms with Crippen LogP contribution in [0.25, 0.3) is 0 Å². The lowest BCUT2D eigenvalue weighted by atomic mass is 10.0. The van der Waals surface area contributed by atoms with Crippen LogP contribution in [-0.4, -0.2) is 42.8 Å². The molecule has 0 aromatic heterocycles. The lowest BCUT2D eigenvalue weighted by Crippen LogP contribution is -2.38. The van der Waals surface area contributed by atoms with Crippen LogP contribution in [0.4, 0.5) is 10.5 Å². The fourth-order valence-electron chi connectivity index (χ4n) is 3.12. The second-order valence-corrected chi connectivity index (χ2v) is 6.91. The van der Waals surface area contributed by atoms with E-state index >= 15 is 0 Å². The summed E-state index contributed by atoms with van der Waals surface area (Å²) in [4.78, 5) is 14.2. The van der Waals surface area contributed by atoms with Crippen LogP contribution in [-0.2, 0) is 4.74 Å². The van der Waals surface area contributed by atoms with Crippen molar-refractivity contribution >= 4 is 11.7 Å². The first kappa shape index (κ1) is 19.5. The number of likely N-dealkylation sites (tertiary alicyclic amines) is 1. The number of amides is 2. The van der Waals surface area contributed by atoms with Crippen LogP contribution in [0.2, 0.25) is 0 Å². The maximum atomic E-state index is 11.7. The Kier molecular flexibility index (Phi) is 7.47. The van der Waals surface area contributed by atoms with E-state index in [0.29, 0.717) is 18.8 Å². The second kappa shape index (κ2) is 9.59. The molecule has 1 aromatic rings. The van der Waals surface area contributed by atoms with Crippen LogP contribution in [0.3, 0.4) is 0 Å². The summed E-state index contributed by atoms with van der Waals surface area (Å²) in [6.45, 7) is 12.5. The van der Waals surface area contributed by atoms with Gasteiger partial charge in [-0.1, -0.05) is 18.2 Å². The first-order valence-corrected chi connectivity index (χ1v) is 9.13. The van der Waals surface area contributed by atoms with Crippen LogP contribution in [0, 0.1) is 0 Å². The molecular formula is C20H31N3O2. The first-order valence-electron chi connectivity index (χ1n) is 9.13. The molecule has 0 saturated carbocycles. The average molecular weight is 345 g/mol. The van der Waals surface area contributed by atoms with Crippen molar-refractivity contribution in [1.29, 1.82) is 0 Å². The molecule has 1 unspecified atom stereocenters. The Bertz CT molecular complexity index is 549. The van der Waals surface area contributed by atoms with Crippen molar-refractivity contribution < 1.29 is 9.53 Å². The minimum absolute atomic E-state index is 0.123. The van der Waals surface area contributed by atoms with Crippen LogP contribution < -0.4 is 10.6 Å². The van der Waals surface area contributed by atoms with Crippen molar-refractivity contribution in [2.75, 3.05) is 25.0 Å². The molecule has 1 fully saturated rings. The number of carbonyl (C=O) groups excluding carboxylic acids is 1. The number of piperidine rings is 1. The van der Waals surface area contributed by atoms with Gasteiger partial charge in [0.05, 0.1) is 12.7 Å². The largest absolute Gasteiger partial charge is 0.374 e. The van der Waals surface area contributed by atoms with Gasteiger partial charge in [-0.15, -0.1) is 6.58 Å². The number of nitrogens with one attached hydrogen (secondary N) is 2. The predicted molar refractivity (Wildman–Crippen MR) is 103 cm³/mol. The molecule has 1 aliphatic heterocycles. The molecule has 25 heavy (non-hydrogen) atoms. The summed E-state index contributed by atoms with van der Waals surface area (Å²) in [5, 5.41) is 5.68. The average Bonchev–Trinajstić information content (AvgIpc) is 2.59. The molecule has 1 aromatic carbocycles. The molecule has 5 heteroatoms. The van der Waals surface area contributed by atoms with Crippen LogP contribution in [0.5, 0.6) is 0 Å². The van der Waals surface area contributed by atoms with E-state index in [9.17, 15) is 4.79 Å². The van der Waals surface area contributed by atoms with Gasteiger partial charge in [-0.25, -0.2) is 4.79 Å². The quantitative estimate of drug-likeness (QED) is 0.736. The monoisotopic (exact) mass is 345 g/mol. The highest BCUT2D eigenvalue weighted by Crippen LogP contribution is 2.26. The van der Waals surface area contributed by atoms with Gasteiger partial charge in [0.25, 0.3) is 0 Å². The third-order valence-electron chi connectivity index (χ3n) is 4.54. The fraction of sp³-hybridized carbons (Fsp3) is 0.550. The molecule has 0 bridgehead atoms. The molecule has 2 amide bonds. The lowest BCUT2D eigenvalue weighted by molar-refractivity contribution is 0.0126. The molecule has 1 aliphatic rings. The summed E-state index contributed by atoms with van der Waals surface area (Å²) in [6.07, 6.45) is 4.29. The molecule has 1 atom stereocenters. The van der Waals surface area contributed by atoms with Gasteiger partial charge in [-0.05, 0) is 51.3 Å². The van der Waals surface area contributed by atoms with Crippen molar-refractivity contribution in [2.24, 2.45) is 0 Å². The molecule has 0 radical (unpaired) electrons. The number of urea groups is 1. The number of hydrogen-bond acceptors (Lipinski definition) is 3. The van der Waals surface area contributed by atoms with E-state index in [1.54, 1.807) is 0 Å². The van der Waals surface area contributed by atoms with Crippen molar-refractivity contribution in [2.45, 2.75) is 51.8 Å². The summed E-state index contributed by atoms with van der Waals surface area (Å²) in [6, 6.07) is 8.43. The topological polar surface area (TPSA) is 53.6 Å². The third-order valence-corrected chi connectivity index (χ3v) is 4.54. The first-order chi connectivity index (χ1) is 12.0. The Morgan fingerprint density at radius 3 is 2.48 bits per heavy atom. The van der Waals surface area contributed by atoms with Gasteiger partial charge in [0.1, 0.15) is 0 Å². The Morgan fingerprint density at radius 1 is 1.28 bits per heavy atom. The number of carbonyl (C=O) groups is 1. The molecular weight excluding hydrogens is 314 g/mol. The minimum atomic E-state index is -0.169. The van der Waals surface area contributed by atoms with E-state index in [4.69, 9.17) is 4.74 Å². The predicted octanol–water partition coefficient (Wildman–Crippen LogP) is 3.94. The normalized spacial score (nSPS) is 17.3. The molecule has 2 rings (SSSR count). The number of benzene rings is 1. The Morgan fingerprint density at radius 2 is 1.92 bits per heavy atom. The Hall–Kier alpha value is -1.85. The zero-order valence-corrected chi connectivity index (χ0v) is 15.6. The summed E-state index contributed by atoms with van der Waals surface area (Å²) >= 11 is 0. The second-order valence-electron chi connectivity index (χ2n) is 6.91. The lowest BCUT2D eigenvalue weighted by Gasteiger charge is -2.36. The summed E-state index contributed by atoms with van der Waals surface area (Å²) < 4.78 is 5.76. The van der Waals surface area contributed by atoms with Crippen LogP contribution >= 0.6 is 0 Å². The van der Waals surface area contributed by atoms with E-state index in [1.165, 1.54) is 5.56 Å². The van der Waals surface area contributed by atoms with Crippen LogP contribution in [0.15, 0.2) is 36.9 Å². The smallest absolute Gasteiger partial charge is 0.319 e. The van der Waals surface area contributed by atoms with Gasteiger partial charge in [0.15, 0.2) is 0 Å². The maximum absolute atomic E-state index is 11.7. The van der Waals surface area contributed by atoms with Crippen molar-refractivity contribution in [3.63, 3.8) is 0 Å². The number of rotatable bonds is 7. The van der Waals surface area contributed by atoms with Gasteiger partial charge < -0.3 is 15.4 Å². The molecule has 1 heterocycles. The fourth-order valence-corrected chi connectivity index (χ4v) is 3.12. The molecule has 0 aliphatic carbocycles. The van der Waals surface area contributed by atoms with Crippen molar-refractivity contribution in [3.05, 3.63) is 42.5 Å². The maximum Gasteiger partial charge on any atom is 0.319 e. The zero-order valence-electron chi connectivity index (χ0n) is 15.6. The number of nitrogens with zero attached hydrogens (tertiary/aromatic N) is 1. The molecule has 138 valence electrons. The van der Waals surface area contributed by atoms with Gasteiger partial charge in [-0.2, -0.15) is 0 Å². The van der Waals surface area contributed by atoms with Gasteiger partial charge >= 0.3 is 6.03 Å². The third kappa shape index (κ3) is 6.18. The summed E-state index contributed by atoms with van der Waals surface area (Å²) in [5.74, 6) is 0. The molecule has 0 spiro atoms. The van der Waals surface area contributed by atoms with Crippen molar-refractivity contribution in [3.8, 4) is 0 Å². The highest BCUT2D eigenvalue weighted by Gasteiger charge is 2.23. The number of anilines is 1. The van der Waals surface area contributed by atoms with Gasteiger partial charge in [0.2, 0.25) is 0 Å². The van der Waals surface area contributed by atoms with Crippen molar-refractivity contribution in [1.82, 2.24) is 10.2 Å². The van der Waals surface area contributed by atoms with Crippen LogP contribution in [0.1, 0.15) is 45.2 Å². The van der Waals surface area contributed by atoms with E-state index in [0.717, 1.165) is 31.6 Å². The van der Waals surface area contributed by atoms with E-state index in [1.807, 2.05) is 32.1 Å².